The van der Waals surface area contributed by atoms with E-state index in [0.717, 1.165) is 39.4 Å². The molecule has 0 saturated heterocycles. The molecule has 1 nitrogen and oxygen atoms in total. The van der Waals surface area contributed by atoms with Crippen LogP contribution in [0, 0.1) is 56.3 Å². The van der Waals surface area contributed by atoms with Gasteiger partial charge in [0.15, 0.2) is 0 Å². The van der Waals surface area contributed by atoms with Crippen LogP contribution in [0.25, 0.3) is 0 Å². The minimum atomic E-state index is 0.558. The van der Waals surface area contributed by atoms with Crippen molar-refractivity contribution in [1.29, 1.82) is 0 Å². The van der Waals surface area contributed by atoms with Crippen molar-refractivity contribution in [3.05, 3.63) is 63.7 Å². The first-order chi connectivity index (χ1) is 14.0. The summed E-state index contributed by atoms with van der Waals surface area (Å²) in [5.41, 5.74) is 7.30. The van der Waals surface area contributed by atoms with Gasteiger partial charge < -0.3 is 0 Å². The van der Waals surface area contributed by atoms with Crippen LogP contribution in [0.15, 0.2) is 35.3 Å². The largest absolute Gasteiger partial charge is 0.194 e. The van der Waals surface area contributed by atoms with Crippen molar-refractivity contribution < 1.29 is 0 Å². The second-order valence-corrected chi connectivity index (χ2v) is 8.35. The lowest BCUT2D eigenvalue weighted by Crippen LogP contribution is -2.10. The number of aliphatic imine (C=N–C) groups is 1. The average Bonchev–Trinajstić information content (AvgIpc) is 2.69. The minimum Gasteiger partial charge on any atom is -0.194 e. The lowest BCUT2D eigenvalue weighted by Gasteiger charge is -2.22. The fourth-order valence-corrected chi connectivity index (χ4v) is 3.95. The average molecular weight is 398 g/mol. The molecule has 0 aliphatic heterocycles. The molecule has 0 unspecified atom stereocenters. The van der Waals surface area contributed by atoms with Gasteiger partial charge in [0, 0.05) is 22.6 Å². The van der Waals surface area contributed by atoms with Crippen LogP contribution in [-0.2, 0) is 0 Å². The molecule has 0 aromatic heterocycles. The molecule has 1 fully saturated rings. The lowest BCUT2D eigenvalue weighted by molar-refractivity contribution is 0.337. The van der Waals surface area contributed by atoms with Crippen LogP contribution in [0.1, 0.15) is 66.0 Å². The van der Waals surface area contributed by atoms with Gasteiger partial charge in [0.25, 0.3) is 0 Å². The van der Waals surface area contributed by atoms with Crippen LogP contribution in [0.2, 0.25) is 0 Å². The molecule has 3 rings (SSSR count). The molecule has 2 aromatic carbocycles. The Morgan fingerprint density at radius 3 is 2.07 bits per heavy atom. The highest BCUT2D eigenvalue weighted by Gasteiger charge is 2.15. The summed E-state index contributed by atoms with van der Waals surface area (Å²) in [6, 6.07) is 10.4. The molecule has 0 spiro atoms. The summed E-state index contributed by atoms with van der Waals surface area (Å²) in [7, 11) is 0. The molecule has 1 saturated carbocycles. The Hall–Kier alpha value is -2.64. The van der Waals surface area contributed by atoms with Crippen LogP contribution < -0.4 is 0 Å². The Morgan fingerprint density at radius 1 is 0.828 bits per heavy atom. The van der Waals surface area contributed by atoms with Gasteiger partial charge >= 0.3 is 0 Å². The second kappa shape index (κ2) is 9.71. The molecule has 0 bridgehead atoms. The van der Waals surface area contributed by atoms with Crippen molar-refractivity contribution in [2.75, 3.05) is 0 Å². The van der Waals surface area contributed by atoms with E-state index in [-0.39, 0.29) is 0 Å². The van der Waals surface area contributed by atoms with Gasteiger partial charge in [0.1, 0.15) is 0 Å². The SMILES string of the molecule is Cc1cc(C#Cc2cc(C)c(N=C=S)c(C)c2)ccc1C#CC1CCC(C)CC1. The molecule has 1 aliphatic rings. The fraction of sp³-hybridized carbons (Fsp3) is 0.370. The van der Waals surface area contributed by atoms with E-state index in [0.29, 0.717) is 5.92 Å². The zero-order valence-corrected chi connectivity index (χ0v) is 18.5. The third kappa shape index (κ3) is 5.68. The van der Waals surface area contributed by atoms with Crippen molar-refractivity contribution in [2.45, 2.75) is 53.4 Å². The molecule has 0 N–H and O–H groups in total. The normalized spacial score (nSPS) is 17.9. The minimum absolute atomic E-state index is 0.558. The van der Waals surface area contributed by atoms with Crippen LogP contribution in [0.4, 0.5) is 5.69 Å². The maximum Gasteiger partial charge on any atom is 0.0798 e. The third-order valence-corrected chi connectivity index (χ3v) is 5.74. The Labute approximate surface area is 180 Å². The molecule has 0 radical (unpaired) electrons. The number of hydrogen-bond acceptors (Lipinski definition) is 2. The number of rotatable bonds is 1. The number of isothiocyanates is 1. The van der Waals surface area contributed by atoms with E-state index in [2.05, 4.69) is 65.9 Å². The molecular formula is C27H27NS. The Morgan fingerprint density at radius 2 is 1.45 bits per heavy atom. The van der Waals surface area contributed by atoms with Crippen molar-refractivity contribution in [1.82, 2.24) is 0 Å². The van der Waals surface area contributed by atoms with Crippen molar-refractivity contribution >= 4 is 23.1 Å². The molecule has 0 atom stereocenters. The standard InChI is InChI=1S/C27H27NS/c1-19-5-7-23(8-6-19)11-13-26-14-12-24(15-20(26)2)9-10-25-16-21(3)27(28-18-29)22(4)17-25/h12,14-17,19,23H,5-8H2,1-4H3. The maximum atomic E-state index is 4.73. The maximum absolute atomic E-state index is 4.73. The van der Waals surface area contributed by atoms with Crippen molar-refractivity contribution in [2.24, 2.45) is 16.8 Å². The summed E-state index contributed by atoms with van der Waals surface area (Å²) in [5, 5.41) is 2.45. The molecule has 2 aromatic rings. The predicted octanol–water partition coefficient (Wildman–Crippen LogP) is 6.92. The van der Waals surface area contributed by atoms with Gasteiger partial charge in [0.05, 0.1) is 10.8 Å². The smallest absolute Gasteiger partial charge is 0.0798 e. The Bertz CT molecular complexity index is 1050. The van der Waals surface area contributed by atoms with E-state index in [1.165, 1.54) is 31.2 Å². The second-order valence-electron chi connectivity index (χ2n) is 8.17. The number of thiocarbonyl (C=S) groups is 1. The first-order valence-corrected chi connectivity index (χ1v) is 10.7. The fourth-order valence-electron chi connectivity index (χ4n) is 3.86. The Balaban J connectivity index is 1.76. The summed E-state index contributed by atoms with van der Waals surface area (Å²) >= 11 is 4.73. The molecule has 29 heavy (non-hydrogen) atoms. The van der Waals surface area contributed by atoms with Crippen LogP contribution in [-0.4, -0.2) is 5.16 Å². The molecule has 2 heteroatoms. The van der Waals surface area contributed by atoms with Gasteiger partial charge in [-0.2, -0.15) is 4.99 Å². The summed E-state index contributed by atoms with van der Waals surface area (Å²) in [6.07, 6.45) is 5.10. The first kappa shape index (κ1) is 21.1. The van der Waals surface area contributed by atoms with E-state index in [4.69, 9.17) is 12.2 Å². The number of aryl methyl sites for hydroxylation is 3. The van der Waals surface area contributed by atoms with E-state index < -0.39 is 0 Å². The highest BCUT2D eigenvalue weighted by atomic mass is 32.1. The summed E-state index contributed by atoms with van der Waals surface area (Å²) in [5.74, 6) is 14.9. The van der Waals surface area contributed by atoms with Crippen molar-refractivity contribution in [3.63, 3.8) is 0 Å². The number of hydrogen-bond donors (Lipinski definition) is 0. The van der Waals surface area contributed by atoms with Gasteiger partial charge in [-0.05, 0) is 112 Å². The predicted molar refractivity (Wildman–Crippen MR) is 126 cm³/mol. The quantitative estimate of drug-likeness (QED) is 0.289. The zero-order valence-electron chi connectivity index (χ0n) is 17.7. The molecule has 146 valence electrons. The third-order valence-electron chi connectivity index (χ3n) is 5.65. The monoisotopic (exact) mass is 397 g/mol. The Kier molecular flexibility index (Phi) is 7.06. The van der Waals surface area contributed by atoms with E-state index >= 15 is 0 Å². The van der Waals surface area contributed by atoms with Gasteiger partial charge in [-0.15, -0.1) is 0 Å². The molecule has 1 aliphatic carbocycles. The van der Waals surface area contributed by atoms with Crippen LogP contribution in [0.3, 0.4) is 0 Å². The topological polar surface area (TPSA) is 12.4 Å². The van der Waals surface area contributed by atoms with E-state index in [1.54, 1.807) is 0 Å². The van der Waals surface area contributed by atoms with Gasteiger partial charge in [-0.25, -0.2) is 0 Å². The van der Waals surface area contributed by atoms with Gasteiger partial charge in [-0.1, -0.05) is 30.6 Å². The van der Waals surface area contributed by atoms with Crippen LogP contribution in [0.5, 0.6) is 0 Å². The molecule has 0 amide bonds. The number of benzene rings is 2. The zero-order chi connectivity index (χ0) is 20.8. The summed E-state index contributed by atoms with van der Waals surface area (Å²) < 4.78 is 0. The first-order valence-electron chi connectivity index (χ1n) is 10.3. The van der Waals surface area contributed by atoms with E-state index in [9.17, 15) is 0 Å². The van der Waals surface area contributed by atoms with Gasteiger partial charge in [0.2, 0.25) is 0 Å². The van der Waals surface area contributed by atoms with Gasteiger partial charge in [-0.3, -0.25) is 0 Å². The van der Waals surface area contributed by atoms with Crippen LogP contribution >= 0.6 is 12.2 Å². The lowest BCUT2D eigenvalue weighted by atomic mass is 9.83. The summed E-state index contributed by atoms with van der Waals surface area (Å²) in [6.45, 7) is 8.51. The summed E-state index contributed by atoms with van der Waals surface area (Å²) in [4.78, 5) is 4.14. The van der Waals surface area contributed by atoms with Crippen molar-refractivity contribution in [3.8, 4) is 23.7 Å². The van der Waals surface area contributed by atoms with E-state index in [1.807, 2.05) is 26.0 Å². The molecule has 0 heterocycles. The molecular weight excluding hydrogens is 370 g/mol. The number of nitrogens with zero attached hydrogens (tertiary/aromatic N) is 1. The highest BCUT2D eigenvalue weighted by Crippen LogP contribution is 2.28. The highest BCUT2D eigenvalue weighted by molar-refractivity contribution is 7.78.